The Morgan fingerprint density at radius 1 is 1.15 bits per heavy atom. The van der Waals surface area contributed by atoms with Crippen molar-refractivity contribution in [2.24, 2.45) is 5.92 Å². The van der Waals surface area contributed by atoms with Crippen molar-refractivity contribution in [3.8, 4) is 5.75 Å². The van der Waals surface area contributed by atoms with Crippen molar-refractivity contribution < 1.29 is 9.53 Å². The number of hydrogen-bond acceptors (Lipinski definition) is 4. The van der Waals surface area contributed by atoms with Crippen LogP contribution in [0.3, 0.4) is 0 Å². The number of nitrogens with one attached hydrogen (secondary N) is 1. The number of hydrogen-bond donors (Lipinski definition) is 1. The van der Waals surface area contributed by atoms with Crippen molar-refractivity contribution >= 4 is 5.91 Å². The molecule has 1 aliphatic carbocycles. The SMILES string of the molecule is O=C(NCC1CC(Oc2ccc(CN3CCCC3)cc2)C1)c1cccnc1. The molecule has 0 radical (unpaired) electrons. The van der Waals surface area contributed by atoms with E-state index in [4.69, 9.17) is 4.74 Å². The van der Waals surface area contributed by atoms with E-state index in [1.807, 2.05) is 0 Å². The van der Waals surface area contributed by atoms with Gasteiger partial charge >= 0.3 is 0 Å². The zero-order valence-corrected chi connectivity index (χ0v) is 15.6. The average Bonchev–Trinajstić information content (AvgIpc) is 3.18. The summed E-state index contributed by atoms with van der Waals surface area (Å²) in [7, 11) is 0. The van der Waals surface area contributed by atoms with E-state index >= 15 is 0 Å². The van der Waals surface area contributed by atoms with Crippen LogP contribution in [-0.4, -0.2) is 41.5 Å². The summed E-state index contributed by atoms with van der Waals surface area (Å²) in [5.74, 6) is 1.38. The van der Waals surface area contributed by atoms with Crippen LogP contribution >= 0.6 is 0 Å². The highest BCUT2D eigenvalue weighted by molar-refractivity contribution is 5.93. The predicted octanol–water partition coefficient (Wildman–Crippen LogP) is 3.26. The number of amides is 1. The van der Waals surface area contributed by atoms with Crippen LogP contribution in [0.15, 0.2) is 48.8 Å². The molecule has 1 aromatic heterocycles. The summed E-state index contributed by atoms with van der Waals surface area (Å²) in [5.41, 5.74) is 1.97. The molecular formula is C22H27N3O2. The molecule has 1 saturated carbocycles. The Kier molecular flexibility index (Phi) is 5.68. The molecule has 5 heteroatoms. The van der Waals surface area contributed by atoms with Gasteiger partial charge in [0.2, 0.25) is 0 Å². The second-order valence-corrected chi connectivity index (χ2v) is 7.66. The predicted molar refractivity (Wildman–Crippen MR) is 105 cm³/mol. The first kappa shape index (κ1) is 18.0. The number of carbonyl (C=O) groups is 1. The summed E-state index contributed by atoms with van der Waals surface area (Å²) >= 11 is 0. The van der Waals surface area contributed by atoms with Crippen LogP contribution in [-0.2, 0) is 6.54 Å². The molecule has 27 heavy (non-hydrogen) atoms. The summed E-state index contributed by atoms with van der Waals surface area (Å²) < 4.78 is 6.06. The van der Waals surface area contributed by atoms with E-state index in [1.165, 1.54) is 31.5 Å². The Morgan fingerprint density at radius 3 is 2.63 bits per heavy atom. The van der Waals surface area contributed by atoms with Gasteiger partial charge in [0.15, 0.2) is 0 Å². The fourth-order valence-electron chi connectivity index (χ4n) is 3.84. The smallest absolute Gasteiger partial charge is 0.252 e. The second kappa shape index (κ2) is 8.53. The molecule has 2 aromatic rings. The molecule has 1 amide bonds. The van der Waals surface area contributed by atoms with Crippen LogP contribution in [0.25, 0.3) is 0 Å². The van der Waals surface area contributed by atoms with Gasteiger partial charge in [-0.2, -0.15) is 0 Å². The van der Waals surface area contributed by atoms with E-state index < -0.39 is 0 Å². The highest BCUT2D eigenvalue weighted by atomic mass is 16.5. The van der Waals surface area contributed by atoms with Gasteiger partial charge in [0.05, 0.1) is 11.7 Å². The molecule has 2 heterocycles. The Bertz CT molecular complexity index is 736. The van der Waals surface area contributed by atoms with Gasteiger partial charge in [0, 0.05) is 25.5 Å². The normalized spacial score (nSPS) is 22.2. The van der Waals surface area contributed by atoms with Crippen LogP contribution in [0.1, 0.15) is 41.6 Å². The molecule has 1 aliphatic heterocycles. The third kappa shape index (κ3) is 4.86. The summed E-state index contributed by atoms with van der Waals surface area (Å²) in [4.78, 5) is 18.5. The molecular weight excluding hydrogens is 338 g/mol. The van der Waals surface area contributed by atoms with Gasteiger partial charge in [-0.25, -0.2) is 0 Å². The summed E-state index contributed by atoms with van der Waals surface area (Å²) in [6.07, 6.45) is 8.15. The Labute approximate surface area is 160 Å². The fraction of sp³-hybridized carbons (Fsp3) is 0.455. The lowest BCUT2D eigenvalue weighted by Gasteiger charge is -2.35. The number of ether oxygens (including phenoxy) is 1. The number of rotatable bonds is 7. The number of pyridine rings is 1. The van der Waals surface area contributed by atoms with Crippen molar-refractivity contribution in [1.82, 2.24) is 15.2 Å². The average molecular weight is 365 g/mol. The standard InChI is InChI=1S/C22H27N3O2/c26-22(19-4-3-9-23-15-19)24-14-18-12-21(13-18)27-20-7-5-17(6-8-20)16-25-10-1-2-11-25/h3-9,15,18,21H,1-2,10-14,16H2,(H,24,26). The van der Waals surface area contributed by atoms with Crippen LogP contribution < -0.4 is 10.1 Å². The molecule has 5 nitrogen and oxygen atoms in total. The highest BCUT2D eigenvalue weighted by Crippen LogP contribution is 2.31. The van der Waals surface area contributed by atoms with Gasteiger partial charge in [-0.1, -0.05) is 12.1 Å². The maximum absolute atomic E-state index is 12.0. The Morgan fingerprint density at radius 2 is 1.93 bits per heavy atom. The van der Waals surface area contributed by atoms with Crippen molar-refractivity contribution in [3.63, 3.8) is 0 Å². The second-order valence-electron chi connectivity index (χ2n) is 7.66. The van der Waals surface area contributed by atoms with Gasteiger partial charge in [0.25, 0.3) is 5.91 Å². The molecule has 2 fully saturated rings. The Balaban J connectivity index is 1.16. The molecule has 1 aromatic carbocycles. The number of nitrogens with zero attached hydrogens (tertiary/aromatic N) is 2. The third-order valence-electron chi connectivity index (χ3n) is 5.50. The first-order valence-electron chi connectivity index (χ1n) is 9.92. The number of benzene rings is 1. The largest absolute Gasteiger partial charge is 0.490 e. The van der Waals surface area contributed by atoms with E-state index in [9.17, 15) is 4.79 Å². The zero-order chi connectivity index (χ0) is 18.5. The van der Waals surface area contributed by atoms with E-state index in [0.29, 0.717) is 18.0 Å². The van der Waals surface area contributed by atoms with Gasteiger partial charge in [-0.05, 0) is 74.5 Å². The number of carbonyl (C=O) groups excluding carboxylic acids is 1. The maximum atomic E-state index is 12.0. The van der Waals surface area contributed by atoms with Gasteiger partial charge < -0.3 is 10.1 Å². The van der Waals surface area contributed by atoms with Crippen LogP contribution in [0.2, 0.25) is 0 Å². The van der Waals surface area contributed by atoms with E-state index in [-0.39, 0.29) is 12.0 Å². The van der Waals surface area contributed by atoms with E-state index in [2.05, 4.69) is 39.5 Å². The molecule has 142 valence electrons. The molecule has 0 atom stereocenters. The van der Waals surface area contributed by atoms with Gasteiger partial charge in [0.1, 0.15) is 5.75 Å². The minimum absolute atomic E-state index is 0.0546. The molecule has 1 saturated heterocycles. The molecule has 0 bridgehead atoms. The monoisotopic (exact) mass is 365 g/mol. The van der Waals surface area contributed by atoms with Gasteiger partial charge in [-0.15, -0.1) is 0 Å². The number of likely N-dealkylation sites (tertiary alicyclic amines) is 1. The van der Waals surface area contributed by atoms with E-state index in [0.717, 1.165) is 25.1 Å². The highest BCUT2D eigenvalue weighted by Gasteiger charge is 2.31. The minimum atomic E-state index is -0.0546. The fourth-order valence-corrected chi connectivity index (χ4v) is 3.84. The first-order valence-corrected chi connectivity index (χ1v) is 9.92. The summed E-state index contributed by atoms with van der Waals surface area (Å²) in [5, 5.41) is 2.99. The molecule has 0 spiro atoms. The van der Waals surface area contributed by atoms with Crippen molar-refractivity contribution in [3.05, 3.63) is 59.9 Å². The lowest BCUT2D eigenvalue weighted by atomic mass is 9.82. The van der Waals surface area contributed by atoms with Crippen LogP contribution in [0.5, 0.6) is 5.75 Å². The summed E-state index contributed by atoms with van der Waals surface area (Å²) in [6, 6.07) is 12.1. The van der Waals surface area contributed by atoms with Gasteiger partial charge in [-0.3, -0.25) is 14.7 Å². The van der Waals surface area contributed by atoms with E-state index in [1.54, 1.807) is 24.5 Å². The van der Waals surface area contributed by atoms with Crippen molar-refractivity contribution in [2.75, 3.05) is 19.6 Å². The first-order chi connectivity index (χ1) is 13.3. The maximum Gasteiger partial charge on any atom is 0.252 e. The molecule has 0 unspecified atom stereocenters. The van der Waals surface area contributed by atoms with Crippen LogP contribution in [0.4, 0.5) is 0 Å². The minimum Gasteiger partial charge on any atom is -0.490 e. The molecule has 2 aliphatic rings. The lowest BCUT2D eigenvalue weighted by Crippen LogP contribution is -2.41. The lowest BCUT2D eigenvalue weighted by molar-refractivity contribution is 0.0617. The summed E-state index contributed by atoms with van der Waals surface area (Å²) in [6.45, 7) is 4.18. The third-order valence-corrected chi connectivity index (χ3v) is 5.50. The Hall–Kier alpha value is -2.40. The van der Waals surface area contributed by atoms with Crippen molar-refractivity contribution in [1.29, 1.82) is 0 Å². The van der Waals surface area contributed by atoms with Crippen molar-refractivity contribution in [2.45, 2.75) is 38.3 Å². The quantitative estimate of drug-likeness (QED) is 0.818. The number of aromatic nitrogens is 1. The molecule has 1 N–H and O–H groups in total. The molecule has 4 rings (SSSR count). The zero-order valence-electron chi connectivity index (χ0n) is 15.6. The topological polar surface area (TPSA) is 54.5 Å². The van der Waals surface area contributed by atoms with Crippen LogP contribution in [0, 0.1) is 5.92 Å².